The van der Waals surface area contributed by atoms with Crippen LogP contribution in [0.15, 0.2) is 48.5 Å². The zero-order chi connectivity index (χ0) is 13.4. The molecule has 1 heterocycles. The first-order valence-electron chi connectivity index (χ1n) is 5.77. The Morgan fingerprint density at radius 1 is 1.11 bits per heavy atom. The third-order valence-electron chi connectivity index (χ3n) is 3.06. The van der Waals surface area contributed by atoms with Crippen LogP contribution in [0, 0.1) is 0 Å². The second-order valence-electron chi connectivity index (χ2n) is 4.24. The summed E-state index contributed by atoms with van der Waals surface area (Å²) in [7, 11) is 0. The molecule has 2 aromatic carbocycles. The van der Waals surface area contributed by atoms with Crippen molar-refractivity contribution in [2.45, 2.75) is 0 Å². The topological polar surface area (TPSA) is 53.1 Å². The molecule has 0 fully saturated rings. The summed E-state index contributed by atoms with van der Waals surface area (Å²) < 4.78 is 0. The fourth-order valence-electron chi connectivity index (χ4n) is 2.16. The summed E-state index contributed by atoms with van der Waals surface area (Å²) in [6.07, 6.45) is 0. The molecule has 0 aliphatic rings. The van der Waals surface area contributed by atoms with Crippen molar-refractivity contribution in [3.05, 3.63) is 59.2 Å². The van der Waals surface area contributed by atoms with Gasteiger partial charge >= 0.3 is 5.97 Å². The van der Waals surface area contributed by atoms with Gasteiger partial charge in [0.25, 0.3) is 0 Å². The van der Waals surface area contributed by atoms with Crippen LogP contribution < -0.4 is 0 Å². The molecule has 0 spiro atoms. The van der Waals surface area contributed by atoms with Crippen molar-refractivity contribution < 1.29 is 9.90 Å². The first-order chi connectivity index (χ1) is 9.16. The van der Waals surface area contributed by atoms with E-state index in [2.05, 4.69) is 4.98 Å². The number of hydrogen-bond donors (Lipinski definition) is 2. The lowest BCUT2D eigenvalue weighted by Gasteiger charge is -2.04. The van der Waals surface area contributed by atoms with Gasteiger partial charge in [-0.15, -0.1) is 0 Å². The quantitative estimate of drug-likeness (QED) is 0.734. The van der Waals surface area contributed by atoms with Gasteiger partial charge in [-0.2, -0.15) is 0 Å². The minimum absolute atomic E-state index is 0.139. The zero-order valence-corrected chi connectivity index (χ0v) is 10.6. The minimum atomic E-state index is -0.994. The van der Waals surface area contributed by atoms with Crippen molar-refractivity contribution in [3.63, 3.8) is 0 Å². The van der Waals surface area contributed by atoms with E-state index in [-0.39, 0.29) is 5.69 Å². The molecule has 0 bridgehead atoms. The highest BCUT2D eigenvalue weighted by Crippen LogP contribution is 2.33. The number of aromatic carboxylic acids is 1. The standard InChI is InChI=1S/C15H10ClNO2/c16-12-7-6-10(9-4-2-1-3-5-9)14-11(12)8-13(17-14)15(18)19/h1-8,17H,(H,18,19). The minimum Gasteiger partial charge on any atom is -0.477 e. The molecule has 19 heavy (non-hydrogen) atoms. The van der Waals surface area contributed by atoms with Gasteiger partial charge in [0.15, 0.2) is 0 Å². The Morgan fingerprint density at radius 3 is 2.53 bits per heavy atom. The predicted molar refractivity (Wildman–Crippen MR) is 75.7 cm³/mol. The largest absolute Gasteiger partial charge is 0.477 e. The van der Waals surface area contributed by atoms with Gasteiger partial charge in [-0.1, -0.05) is 48.0 Å². The number of H-pyrrole nitrogens is 1. The fourth-order valence-corrected chi connectivity index (χ4v) is 2.37. The number of benzene rings is 2. The fraction of sp³-hybridized carbons (Fsp3) is 0. The maximum Gasteiger partial charge on any atom is 0.352 e. The average molecular weight is 272 g/mol. The maximum atomic E-state index is 11.1. The van der Waals surface area contributed by atoms with Crippen LogP contribution in [-0.4, -0.2) is 16.1 Å². The smallest absolute Gasteiger partial charge is 0.352 e. The Kier molecular flexibility index (Phi) is 2.76. The van der Waals surface area contributed by atoms with E-state index >= 15 is 0 Å². The van der Waals surface area contributed by atoms with Crippen molar-refractivity contribution in [2.75, 3.05) is 0 Å². The van der Waals surface area contributed by atoms with E-state index in [1.54, 1.807) is 12.1 Å². The predicted octanol–water partition coefficient (Wildman–Crippen LogP) is 4.19. The van der Waals surface area contributed by atoms with Gasteiger partial charge in [-0.05, 0) is 17.7 Å². The van der Waals surface area contributed by atoms with E-state index in [1.165, 1.54) is 0 Å². The monoisotopic (exact) mass is 271 g/mol. The van der Waals surface area contributed by atoms with Gasteiger partial charge in [0.2, 0.25) is 0 Å². The van der Waals surface area contributed by atoms with Crippen LogP contribution in [0.3, 0.4) is 0 Å². The average Bonchev–Trinajstić information content (AvgIpc) is 2.86. The van der Waals surface area contributed by atoms with E-state index in [4.69, 9.17) is 16.7 Å². The highest BCUT2D eigenvalue weighted by Gasteiger charge is 2.13. The Bertz CT molecular complexity index is 762. The maximum absolute atomic E-state index is 11.1. The number of carboxylic acid groups (broad SMARTS) is 1. The van der Waals surface area contributed by atoms with E-state index in [9.17, 15) is 4.79 Å². The van der Waals surface area contributed by atoms with E-state index in [1.807, 2.05) is 36.4 Å². The van der Waals surface area contributed by atoms with Crippen LogP contribution in [-0.2, 0) is 0 Å². The molecule has 0 saturated carbocycles. The summed E-state index contributed by atoms with van der Waals surface area (Å²) in [5.74, 6) is -0.994. The van der Waals surface area contributed by atoms with Crippen molar-refractivity contribution >= 4 is 28.5 Å². The number of carbonyl (C=O) groups is 1. The van der Waals surface area contributed by atoms with Gasteiger partial charge in [0.1, 0.15) is 5.69 Å². The second-order valence-corrected chi connectivity index (χ2v) is 4.65. The number of rotatable bonds is 2. The number of hydrogen-bond acceptors (Lipinski definition) is 1. The SMILES string of the molecule is O=C(O)c1cc2c(Cl)ccc(-c3ccccc3)c2[nH]1. The van der Waals surface area contributed by atoms with Crippen LogP contribution in [0.25, 0.3) is 22.0 Å². The van der Waals surface area contributed by atoms with Crippen LogP contribution in [0.2, 0.25) is 5.02 Å². The molecule has 0 unspecified atom stereocenters. The third-order valence-corrected chi connectivity index (χ3v) is 3.39. The van der Waals surface area contributed by atoms with Crippen LogP contribution in [0.1, 0.15) is 10.5 Å². The Hall–Kier alpha value is -2.26. The second kappa shape index (κ2) is 4.44. The van der Waals surface area contributed by atoms with E-state index in [0.29, 0.717) is 5.02 Å². The zero-order valence-electron chi connectivity index (χ0n) is 9.85. The normalized spacial score (nSPS) is 10.8. The van der Waals surface area contributed by atoms with Gasteiger partial charge in [-0.25, -0.2) is 4.79 Å². The van der Waals surface area contributed by atoms with Gasteiger partial charge in [0.05, 0.1) is 10.5 Å². The van der Waals surface area contributed by atoms with Crippen LogP contribution in [0.4, 0.5) is 0 Å². The molecule has 4 heteroatoms. The molecule has 3 nitrogen and oxygen atoms in total. The molecule has 3 aromatic rings. The Balaban J connectivity index is 2.32. The molecular weight excluding hydrogens is 262 g/mol. The molecular formula is C15H10ClNO2. The Morgan fingerprint density at radius 2 is 1.84 bits per heavy atom. The van der Waals surface area contributed by atoms with Gasteiger partial charge in [0, 0.05) is 10.9 Å². The van der Waals surface area contributed by atoms with E-state index in [0.717, 1.165) is 22.0 Å². The Labute approximate surface area is 114 Å². The molecule has 1 aromatic heterocycles. The number of aromatic amines is 1. The summed E-state index contributed by atoms with van der Waals surface area (Å²) in [4.78, 5) is 14.0. The summed E-state index contributed by atoms with van der Waals surface area (Å²) in [5, 5.41) is 10.3. The van der Waals surface area contributed by atoms with Crippen molar-refractivity contribution in [1.29, 1.82) is 0 Å². The van der Waals surface area contributed by atoms with Crippen molar-refractivity contribution in [2.24, 2.45) is 0 Å². The molecule has 0 amide bonds. The number of carboxylic acids is 1. The molecule has 0 radical (unpaired) electrons. The number of nitrogens with one attached hydrogen (secondary N) is 1. The number of fused-ring (bicyclic) bond motifs is 1. The lowest BCUT2D eigenvalue weighted by atomic mass is 10.0. The van der Waals surface area contributed by atoms with Gasteiger partial charge < -0.3 is 10.1 Å². The number of halogens is 1. The third kappa shape index (κ3) is 1.98. The molecule has 2 N–H and O–H groups in total. The summed E-state index contributed by atoms with van der Waals surface area (Å²) in [6, 6.07) is 15.0. The first kappa shape index (κ1) is 11.8. The summed E-state index contributed by atoms with van der Waals surface area (Å²) >= 11 is 6.12. The first-order valence-corrected chi connectivity index (χ1v) is 6.14. The molecule has 3 rings (SSSR count). The highest BCUT2D eigenvalue weighted by molar-refractivity contribution is 6.36. The van der Waals surface area contributed by atoms with E-state index < -0.39 is 5.97 Å². The molecule has 0 aliphatic heterocycles. The van der Waals surface area contributed by atoms with Crippen LogP contribution in [0.5, 0.6) is 0 Å². The molecule has 0 aliphatic carbocycles. The molecule has 0 saturated heterocycles. The van der Waals surface area contributed by atoms with Crippen LogP contribution >= 0.6 is 11.6 Å². The summed E-state index contributed by atoms with van der Waals surface area (Å²) in [6.45, 7) is 0. The van der Waals surface area contributed by atoms with Crippen molar-refractivity contribution in [3.8, 4) is 11.1 Å². The lowest BCUT2D eigenvalue weighted by Crippen LogP contribution is -1.95. The lowest BCUT2D eigenvalue weighted by molar-refractivity contribution is 0.0691. The summed E-state index contributed by atoms with van der Waals surface area (Å²) in [5.41, 5.74) is 2.84. The van der Waals surface area contributed by atoms with Crippen molar-refractivity contribution in [1.82, 2.24) is 4.98 Å². The molecule has 0 atom stereocenters. The van der Waals surface area contributed by atoms with Gasteiger partial charge in [-0.3, -0.25) is 0 Å². The highest BCUT2D eigenvalue weighted by atomic mass is 35.5. The molecule has 94 valence electrons. The number of aromatic nitrogens is 1.